The second-order valence-electron chi connectivity index (χ2n) is 5.81. The zero-order valence-electron chi connectivity index (χ0n) is 15.3. The number of carbonyl (C=O) groups excluding carboxylic acids is 1. The number of carbonyl (C=O) groups is 1. The first-order chi connectivity index (χ1) is 13.4. The maximum Gasteiger partial charge on any atom is 0.266 e. The number of phenolic OH excluding ortho intramolecular Hbond substituents is 1. The van der Waals surface area contributed by atoms with Crippen LogP contribution < -0.4 is 4.74 Å². The van der Waals surface area contributed by atoms with E-state index in [0.29, 0.717) is 39.5 Å². The monoisotopic (exact) mass is 436 g/mol. The second kappa shape index (κ2) is 8.90. The lowest BCUT2D eigenvalue weighted by Crippen LogP contribution is -2.28. The molecule has 8 heteroatoms. The summed E-state index contributed by atoms with van der Waals surface area (Å²) >= 11 is 13.2. The molecule has 2 aromatic carbocycles. The zero-order valence-corrected chi connectivity index (χ0v) is 17.6. The summed E-state index contributed by atoms with van der Waals surface area (Å²) in [5.41, 5.74) is 1.10. The molecular formula is C20H18Cl2N2O3S. The molecule has 5 nitrogen and oxygen atoms in total. The molecule has 0 aliphatic carbocycles. The third kappa shape index (κ3) is 4.46. The fourth-order valence-electron chi connectivity index (χ4n) is 2.60. The van der Waals surface area contributed by atoms with Crippen LogP contribution in [0, 0.1) is 0 Å². The molecule has 0 radical (unpaired) electrons. The van der Waals surface area contributed by atoms with E-state index in [1.807, 2.05) is 38.1 Å². The van der Waals surface area contributed by atoms with Crippen LogP contribution in [0.25, 0.3) is 6.08 Å². The number of halogens is 2. The number of thioether (sulfide) groups is 1. The topological polar surface area (TPSA) is 62.1 Å². The Morgan fingerprint density at radius 1 is 1.21 bits per heavy atom. The summed E-state index contributed by atoms with van der Waals surface area (Å²) in [5.74, 6) is 0.461. The Kier molecular flexibility index (Phi) is 6.54. The van der Waals surface area contributed by atoms with E-state index in [9.17, 15) is 9.90 Å². The highest BCUT2D eigenvalue weighted by Crippen LogP contribution is 2.38. The van der Waals surface area contributed by atoms with Crippen molar-refractivity contribution in [2.24, 2.45) is 4.99 Å². The summed E-state index contributed by atoms with van der Waals surface area (Å²) in [6, 6.07) is 10.3. The summed E-state index contributed by atoms with van der Waals surface area (Å²) in [7, 11) is 0. The summed E-state index contributed by atoms with van der Waals surface area (Å²) in [6.07, 6.45) is 1.57. The third-order valence-corrected chi connectivity index (χ3v) is 5.43. The molecule has 1 amide bonds. The van der Waals surface area contributed by atoms with Crippen molar-refractivity contribution in [2.45, 2.75) is 13.8 Å². The average molecular weight is 437 g/mol. The van der Waals surface area contributed by atoms with E-state index in [1.54, 1.807) is 17.0 Å². The molecule has 1 heterocycles. The number of likely N-dealkylation sites (N-methyl/N-ethyl adjacent to an activating group) is 1. The minimum Gasteiger partial charge on any atom is -0.506 e. The molecule has 0 spiro atoms. The van der Waals surface area contributed by atoms with Gasteiger partial charge in [-0.1, -0.05) is 23.2 Å². The highest BCUT2D eigenvalue weighted by atomic mass is 35.5. The minimum atomic E-state index is -0.187. The predicted octanol–water partition coefficient (Wildman–Crippen LogP) is 5.72. The Labute approximate surface area is 177 Å². The van der Waals surface area contributed by atoms with Gasteiger partial charge in [-0.15, -0.1) is 0 Å². The smallest absolute Gasteiger partial charge is 0.266 e. The second-order valence-corrected chi connectivity index (χ2v) is 7.66. The van der Waals surface area contributed by atoms with E-state index >= 15 is 0 Å². The number of ether oxygens (including phenoxy) is 1. The highest BCUT2D eigenvalue weighted by molar-refractivity contribution is 8.18. The van der Waals surface area contributed by atoms with Crippen LogP contribution in [0.15, 0.2) is 46.3 Å². The number of aliphatic imine (C=N–C) groups is 1. The van der Waals surface area contributed by atoms with Gasteiger partial charge in [-0.3, -0.25) is 9.69 Å². The molecule has 2 aromatic rings. The van der Waals surface area contributed by atoms with Crippen LogP contribution >= 0.6 is 35.0 Å². The maximum absolute atomic E-state index is 12.8. The highest BCUT2D eigenvalue weighted by Gasteiger charge is 2.32. The van der Waals surface area contributed by atoms with E-state index in [2.05, 4.69) is 4.99 Å². The summed E-state index contributed by atoms with van der Waals surface area (Å²) < 4.78 is 5.43. The van der Waals surface area contributed by atoms with Crippen molar-refractivity contribution in [2.75, 3.05) is 13.2 Å². The first kappa shape index (κ1) is 20.6. The van der Waals surface area contributed by atoms with Gasteiger partial charge in [-0.05, 0) is 68.1 Å². The summed E-state index contributed by atoms with van der Waals surface area (Å²) in [5, 5.41) is 11.2. The number of aromatic hydroxyl groups is 1. The zero-order chi connectivity index (χ0) is 20.3. The van der Waals surface area contributed by atoms with Crippen molar-refractivity contribution in [3.63, 3.8) is 0 Å². The number of hydrogen-bond donors (Lipinski definition) is 1. The standard InChI is InChI=1S/C20H18Cl2N2O3S/c1-3-24-19(26)17(10-12-9-13(21)11-16(22)18(12)25)28-20(24)23-14-5-7-15(8-6-14)27-4-2/h5-11,25H,3-4H2,1-2H3. The Bertz CT molecular complexity index is 959. The first-order valence-electron chi connectivity index (χ1n) is 8.64. The van der Waals surface area contributed by atoms with Crippen LogP contribution in [0.4, 0.5) is 5.69 Å². The fourth-order valence-corrected chi connectivity index (χ4v) is 4.16. The van der Waals surface area contributed by atoms with Crippen molar-refractivity contribution < 1.29 is 14.6 Å². The normalized spacial score (nSPS) is 17.0. The molecule has 1 aliphatic rings. The molecular weight excluding hydrogens is 419 g/mol. The van der Waals surface area contributed by atoms with E-state index in [4.69, 9.17) is 27.9 Å². The molecule has 146 valence electrons. The third-order valence-electron chi connectivity index (χ3n) is 3.92. The van der Waals surface area contributed by atoms with Crippen LogP contribution in [-0.2, 0) is 4.79 Å². The number of rotatable bonds is 5. The maximum atomic E-state index is 12.8. The molecule has 28 heavy (non-hydrogen) atoms. The van der Waals surface area contributed by atoms with Gasteiger partial charge in [0.1, 0.15) is 11.5 Å². The van der Waals surface area contributed by atoms with Crippen LogP contribution in [0.3, 0.4) is 0 Å². The van der Waals surface area contributed by atoms with Crippen molar-refractivity contribution in [1.82, 2.24) is 4.90 Å². The van der Waals surface area contributed by atoms with Gasteiger partial charge < -0.3 is 9.84 Å². The Morgan fingerprint density at radius 3 is 2.57 bits per heavy atom. The molecule has 0 bridgehead atoms. The number of amidine groups is 1. The molecule has 1 fully saturated rings. The molecule has 0 atom stereocenters. The number of hydrogen-bond acceptors (Lipinski definition) is 5. The predicted molar refractivity (Wildman–Crippen MR) is 116 cm³/mol. The average Bonchev–Trinajstić information content (AvgIpc) is 2.95. The number of nitrogens with zero attached hydrogens (tertiary/aromatic N) is 2. The molecule has 3 rings (SSSR count). The Balaban J connectivity index is 1.92. The van der Waals surface area contributed by atoms with Crippen LogP contribution in [0.2, 0.25) is 10.0 Å². The van der Waals surface area contributed by atoms with Gasteiger partial charge in [0.15, 0.2) is 5.17 Å². The molecule has 1 saturated heterocycles. The van der Waals surface area contributed by atoms with Gasteiger partial charge in [0.05, 0.1) is 22.2 Å². The van der Waals surface area contributed by atoms with Gasteiger partial charge in [0, 0.05) is 17.1 Å². The summed E-state index contributed by atoms with van der Waals surface area (Å²) in [6.45, 7) is 4.87. The molecule has 1 N–H and O–H groups in total. The van der Waals surface area contributed by atoms with Gasteiger partial charge in [0.2, 0.25) is 0 Å². The Hall–Kier alpha value is -2.15. The quantitative estimate of drug-likeness (QED) is 0.608. The van der Waals surface area contributed by atoms with Gasteiger partial charge in [0.25, 0.3) is 5.91 Å². The lowest BCUT2D eigenvalue weighted by atomic mass is 10.2. The van der Waals surface area contributed by atoms with Crippen molar-refractivity contribution in [3.8, 4) is 11.5 Å². The molecule has 0 unspecified atom stereocenters. The number of benzene rings is 2. The van der Waals surface area contributed by atoms with Crippen LogP contribution in [-0.4, -0.2) is 34.2 Å². The van der Waals surface area contributed by atoms with Gasteiger partial charge in [-0.2, -0.15) is 0 Å². The fraction of sp³-hybridized carbons (Fsp3) is 0.200. The SMILES string of the molecule is CCOc1ccc(N=C2SC(=Cc3cc(Cl)cc(Cl)c3O)C(=O)N2CC)cc1. The van der Waals surface area contributed by atoms with E-state index in [-0.39, 0.29) is 16.7 Å². The van der Waals surface area contributed by atoms with E-state index in [1.165, 1.54) is 17.8 Å². The molecule has 1 aliphatic heterocycles. The van der Waals surface area contributed by atoms with E-state index < -0.39 is 0 Å². The lowest BCUT2D eigenvalue weighted by Gasteiger charge is -2.12. The first-order valence-corrected chi connectivity index (χ1v) is 10.2. The number of phenols is 1. The lowest BCUT2D eigenvalue weighted by molar-refractivity contribution is -0.122. The van der Waals surface area contributed by atoms with Crippen molar-refractivity contribution in [1.29, 1.82) is 0 Å². The molecule has 0 saturated carbocycles. The van der Waals surface area contributed by atoms with Gasteiger partial charge in [-0.25, -0.2) is 4.99 Å². The summed E-state index contributed by atoms with van der Waals surface area (Å²) in [4.78, 5) is 19.3. The van der Waals surface area contributed by atoms with Crippen molar-refractivity contribution in [3.05, 3.63) is 56.9 Å². The number of amides is 1. The van der Waals surface area contributed by atoms with Crippen LogP contribution in [0.1, 0.15) is 19.4 Å². The van der Waals surface area contributed by atoms with Crippen molar-refractivity contribution >= 4 is 57.8 Å². The molecule has 0 aromatic heterocycles. The largest absolute Gasteiger partial charge is 0.506 e. The van der Waals surface area contributed by atoms with Crippen LogP contribution in [0.5, 0.6) is 11.5 Å². The van der Waals surface area contributed by atoms with E-state index in [0.717, 1.165) is 5.75 Å². The minimum absolute atomic E-state index is 0.119. The van der Waals surface area contributed by atoms with Gasteiger partial charge >= 0.3 is 0 Å². The Morgan fingerprint density at radius 2 is 1.93 bits per heavy atom.